The molecule has 1 unspecified atom stereocenters. The van der Waals surface area contributed by atoms with E-state index in [2.05, 4.69) is 11.4 Å². The third-order valence-electron chi connectivity index (χ3n) is 2.53. The largest absolute Gasteiger partial charge is 0.495 e. The quantitative estimate of drug-likeness (QED) is 0.738. The van der Waals surface area contributed by atoms with Crippen LogP contribution < -0.4 is 10.1 Å². The van der Waals surface area contributed by atoms with Crippen LogP contribution in [0.2, 0.25) is 0 Å². The van der Waals surface area contributed by atoms with E-state index in [9.17, 15) is 4.79 Å². The van der Waals surface area contributed by atoms with Crippen LogP contribution in [-0.4, -0.2) is 19.4 Å². The first-order valence-electron chi connectivity index (χ1n) is 4.71. The maximum Gasteiger partial charge on any atom is 0.142 e. The molecule has 1 aliphatic heterocycles. The molecule has 3 nitrogen and oxygen atoms in total. The van der Waals surface area contributed by atoms with Crippen LogP contribution in [0.5, 0.6) is 5.75 Å². The molecule has 14 heavy (non-hydrogen) atoms. The van der Waals surface area contributed by atoms with E-state index in [1.54, 1.807) is 7.11 Å². The second-order valence-electron chi connectivity index (χ2n) is 3.44. The second-order valence-corrected chi connectivity index (χ2v) is 3.44. The SMILES string of the molecule is COc1cccc2c1NC(CC=O)C2. The Labute approximate surface area is 83.1 Å². The maximum absolute atomic E-state index is 10.4. The molecule has 1 atom stereocenters. The van der Waals surface area contributed by atoms with Crippen molar-refractivity contribution in [2.75, 3.05) is 12.4 Å². The zero-order chi connectivity index (χ0) is 9.97. The number of ether oxygens (including phenoxy) is 1. The number of benzene rings is 1. The highest BCUT2D eigenvalue weighted by atomic mass is 16.5. The predicted molar refractivity (Wildman–Crippen MR) is 54.8 cm³/mol. The van der Waals surface area contributed by atoms with Gasteiger partial charge in [0.1, 0.15) is 12.0 Å². The fourth-order valence-electron chi connectivity index (χ4n) is 1.86. The number of carbonyl (C=O) groups is 1. The first-order valence-corrected chi connectivity index (χ1v) is 4.71. The summed E-state index contributed by atoms with van der Waals surface area (Å²) < 4.78 is 5.23. The molecule has 0 aliphatic carbocycles. The van der Waals surface area contributed by atoms with Gasteiger partial charge in [-0.15, -0.1) is 0 Å². The average molecular weight is 191 g/mol. The van der Waals surface area contributed by atoms with Crippen LogP contribution in [0.4, 0.5) is 5.69 Å². The Kier molecular flexibility index (Phi) is 2.39. The first-order chi connectivity index (χ1) is 6.85. The van der Waals surface area contributed by atoms with Gasteiger partial charge in [0.15, 0.2) is 0 Å². The van der Waals surface area contributed by atoms with Crippen molar-refractivity contribution in [3.05, 3.63) is 23.8 Å². The number of rotatable bonds is 3. The third kappa shape index (κ3) is 1.45. The molecule has 2 rings (SSSR count). The van der Waals surface area contributed by atoms with Gasteiger partial charge in [-0.25, -0.2) is 0 Å². The molecule has 0 amide bonds. The Hall–Kier alpha value is -1.51. The van der Waals surface area contributed by atoms with E-state index in [0.29, 0.717) is 6.42 Å². The van der Waals surface area contributed by atoms with Crippen LogP contribution in [0.15, 0.2) is 18.2 Å². The molecule has 0 saturated heterocycles. The molecule has 0 saturated carbocycles. The third-order valence-corrected chi connectivity index (χ3v) is 2.53. The number of methoxy groups -OCH3 is 1. The monoisotopic (exact) mass is 191 g/mol. The fraction of sp³-hybridized carbons (Fsp3) is 0.364. The highest BCUT2D eigenvalue weighted by Crippen LogP contribution is 2.35. The van der Waals surface area contributed by atoms with Crippen LogP contribution in [0.3, 0.4) is 0 Å². The zero-order valence-corrected chi connectivity index (χ0v) is 8.12. The highest BCUT2D eigenvalue weighted by Gasteiger charge is 2.22. The summed E-state index contributed by atoms with van der Waals surface area (Å²) in [6, 6.07) is 6.20. The van der Waals surface area contributed by atoms with Crippen molar-refractivity contribution in [1.29, 1.82) is 0 Å². The first kappa shape index (κ1) is 9.06. The fourth-order valence-corrected chi connectivity index (χ4v) is 1.86. The molecule has 0 fully saturated rings. The Bertz CT molecular complexity index is 349. The van der Waals surface area contributed by atoms with Crippen LogP contribution in [0, 0.1) is 0 Å². The van der Waals surface area contributed by atoms with Crippen LogP contribution >= 0.6 is 0 Å². The van der Waals surface area contributed by atoms with Gasteiger partial charge >= 0.3 is 0 Å². The molecular formula is C11H13NO2. The lowest BCUT2D eigenvalue weighted by molar-refractivity contribution is -0.108. The molecule has 0 bridgehead atoms. The molecule has 1 aliphatic rings. The van der Waals surface area contributed by atoms with Gasteiger partial charge in [-0.05, 0) is 18.1 Å². The topological polar surface area (TPSA) is 38.3 Å². The Morgan fingerprint density at radius 3 is 3.21 bits per heavy atom. The zero-order valence-electron chi connectivity index (χ0n) is 8.12. The Morgan fingerprint density at radius 1 is 1.64 bits per heavy atom. The van der Waals surface area contributed by atoms with Crippen LogP contribution in [0.25, 0.3) is 0 Å². The summed E-state index contributed by atoms with van der Waals surface area (Å²) in [6.07, 6.45) is 2.42. The smallest absolute Gasteiger partial charge is 0.142 e. The van der Waals surface area contributed by atoms with Crippen molar-refractivity contribution in [2.24, 2.45) is 0 Å². The summed E-state index contributed by atoms with van der Waals surface area (Å²) >= 11 is 0. The minimum absolute atomic E-state index is 0.235. The number of aldehydes is 1. The van der Waals surface area contributed by atoms with E-state index in [1.165, 1.54) is 5.56 Å². The summed E-state index contributed by atoms with van der Waals surface area (Å²) in [7, 11) is 1.66. The van der Waals surface area contributed by atoms with Crippen molar-refractivity contribution in [2.45, 2.75) is 18.9 Å². The Balaban J connectivity index is 2.25. The van der Waals surface area contributed by atoms with Crippen molar-refractivity contribution >= 4 is 12.0 Å². The molecule has 3 heteroatoms. The number of anilines is 1. The molecule has 0 spiro atoms. The second kappa shape index (κ2) is 3.70. The molecule has 0 aromatic heterocycles. The minimum Gasteiger partial charge on any atom is -0.495 e. The number of hydrogen-bond acceptors (Lipinski definition) is 3. The van der Waals surface area contributed by atoms with E-state index < -0.39 is 0 Å². The van der Waals surface area contributed by atoms with Crippen molar-refractivity contribution < 1.29 is 9.53 Å². The van der Waals surface area contributed by atoms with Crippen LogP contribution in [-0.2, 0) is 11.2 Å². The lowest BCUT2D eigenvalue weighted by atomic mass is 10.1. The molecule has 74 valence electrons. The van der Waals surface area contributed by atoms with Gasteiger partial charge in [0, 0.05) is 12.5 Å². The van der Waals surface area contributed by atoms with Gasteiger partial charge in [-0.2, -0.15) is 0 Å². The summed E-state index contributed by atoms with van der Waals surface area (Å²) in [4.78, 5) is 10.4. The van der Waals surface area contributed by atoms with E-state index in [-0.39, 0.29) is 6.04 Å². The van der Waals surface area contributed by atoms with Crippen molar-refractivity contribution in [3.8, 4) is 5.75 Å². The van der Waals surface area contributed by atoms with Gasteiger partial charge in [-0.1, -0.05) is 12.1 Å². The van der Waals surface area contributed by atoms with Crippen molar-refractivity contribution in [3.63, 3.8) is 0 Å². The molecular weight excluding hydrogens is 178 g/mol. The van der Waals surface area contributed by atoms with Gasteiger partial charge in [0.2, 0.25) is 0 Å². The van der Waals surface area contributed by atoms with Gasteiger partial charge in [0.05, 0.1) is 12.8 Å². The lowest BCUT2D eigenvalue weighted by Crippen LogP contribution is -2.15. The number of para-hydroxylation sites is 1. The maximum atomic E-state index is 10.4. The van der Waals surface area contributed by atoms with E-state index in [0.717, 1.165) is 24.1 Å². The number of nitrogens with one attached hydrogen (secondary N) is 1. The number of fused-ring (bicyclic) bond motifs is 1. The standard InChI is InChI=1S/C11H13NO2/c1-14-10-4-2-3-8-7-9(5-6-13)12-11(8)10/h2-4,6,9,12H,5,7H2,1H3. The van der Waals surface area contributed by atoms with Gasteiger partial charge in [0.25, 0.3) is 0 Å². The molecule has 0 radical (unpaired) electrons. The highest BCUT2D eigenvalue weighted by molar-refractivity contribution is 5.67. The Morgan fingerprint density at radius 2 is 2.50 bits per heavy atom. The minimum atomic E-state index is 0.235. The molecule has 1 N–H and O–H groups in total. The summed E-state index contributed by atoms with van der Waals surface area (Å²) in [6.45, 7) is 0. The normalized spacial score (nSPS) is 18.5. The summed E-state index contributed by atoms with van der Waals surface area (Å²) in [5.41, 5.74) is 2.28. The average Bonchev–Trinajstić information content (AvgIpc) is 2.60. The number of carbonyl (C=O) groups excluding carboxylic acids is 1. The van der Waals surface area contributed by atoms with Crippen LogP contribution in [0.1, 0.15) is 12.0 Å². The molecule has 1 aromatic carbocycles. The van der Waals surface area contributed by atoms with Gasteiger partial charge in [-0.3, -0.25) is 0 Å². The number of hydrogen-bond donors (Lipinski definition) is 1. The lowest BCUT2D eigenvalue weighted by Gasteiger charge is -2.09. The molecule has 1 heterocycles. The molecule has 1 aromatic rings. The summed E-state index contributed by atoms with van der Waals surface area (Å²) in [5, 5.41) is 3.30. The van der Waals surface area contributed by atoms with Gasteiger partial charge < -0.3 is 14.8 Å². The van der Waals surface area contributed by atoms with E-state index in [4.69, 9.17) is 4.74 Å². The van der Waals surface area contributed by atoms with E-state index >= 15 is 0 Å². The predicted octanol–water partition coefficient (Wildman–Crippen LogP) is 1.62. The van der Waals surface area contributed by atoms with Crippen molar-refractivity contribution in [1.82, 2.24) is 0 Å². The van der Waals surface area contributed by atoms with E-state index in [1.807, 2.05) is 12.1 Å². The summed E-state index contributed by atoms with van der Waals surface area (Å²) in [5.74, 6) is 0.857.